The molecule has 0 saturated heterocycles. The van der Waals surface area contributed by atoms with Gasteiger partial charge in [0.25, 0.3) is 5.91 Å². The topological polar surface area (TPSA) is 90.1 Å². The van der Waals surface area contributed by atoms with Crippen molar-refractivity contribution in [3.63, 3.8) is 0 Å². The summed E-state index contributed by atoms with van der Waals surface area (Å²) in [4.78, 5) is 12.0. The first-order chi connectivity index (χ1) is 11.7. The Labute approximate surface area is 146 Å². The van der Waals surface area contributed by atoms with E-state index in [-0.39, 0.29) is 33.7 Å². The average molecular weight is 349 g/mol. The number of benzene rings is 1. The van der Waals surface area contributed by atoms with E-state index in [1.165, 1.54) is 0 Å². The molecule has 0 unspecified atom stereocenters. The Bertz CT molecular complexity index is 687. The fourth-order valence-electron chi connectivity index (χ4n) is 2.45. The molecule has 1 amide bonds. The zero-order valence-corrected chi connectivity index (χ0v) is 13.3. The summed E-state index contributed by atoms with van der Waals surface area (Å²) in [5.74, 6) is 0.954. The lowest BCUT2D eigenvalue weighted by Gasteiger charge is -2.29. The normalized spacial score (nSPS) is 15.2. The molecule has 0 aromatic heterocycles. The predicted octanol–water partition coefficient (Wildman–Crippen LogP) is 1.62. The Balaban J connectivity index is 0.00000225. The number of anilines is 1. The van der Waals surface area contributed by atoms with Crippen molar-refractivity contribution in [1.29, 1.82) is 0 Å². The standard InChI is InChI=1S/C16H19N3O5.CH4/c1-10-17-14-6-11-5-12(24-9-23-8-22-7-21-2)3-4-13(11)19-15(14)16(20)18-10;/h3-5,17,19H,1,6-9H2,2H3,(H,18,20);1H4. The second-order valence-corrected chi connectivity index (χ2v) is 5.23. The van der Waals surface area contributed by atoms with E-state index in [0.29, 0.717) is 23.7 Å². The number of methoxy groups -OCH3 is 1. The Hall–Kier alpha value is -2.55. The molecule has 2 aliphatic rings. The van der Waals surface area contributed by atoms with Crippen molar-refractivity contribution >= 4 is 11.6 Å². The van der Waals surface area contributed by atoms with Crippen LogP contribution in [0.4, 0.5) is 5.69 Å². The molecule has 0 aliphatic carbocycles. The third-order valence-electron chi connectivity index (χ3n) is 3.48. The van der Waals surface area contributed by atoms with Gasteiger partial charge in [-0.15, -0.1) is 0 Å². The highest BCUT2D eigenvalue weighted by Crippen LogP contribution is 2.31. The van der Waals surface area contributed by atoms with Gasteiger partial charge in [0.15, 0.2) is 13.6 Å². The fraction of sp³-hybridized carbons (Fsp3) is 0.353. The van der Waals surface area contributed by atoms with Gasteiger partial charge in [-0.3, -0.25) is 4.79 Å². The van der Waals surface area contributed by atoms with Gasteiger partial charge in [-0.2, -0.15) is 0 Å². The molecule has 2 heterocycles. The van der Waals surface area contributed by atoms with Gasteiger partial charge in [0.1, 0.15) is 24.1 Å². The molecular weight excluding hydrogens is 326 g/mol. The molecule has 0 saturated carbocycles. The van der Waals surface area contributed by atoms with Crippen molar-refractivity contribution in [2.45, 2.75) is 13.8 Å². The van der Waals surface area contributed by atoms with Crippen LogP contribution in [0.1, 0.15) is 13.0 Å². The van der Waals surface area contributed by atoms with Crippen molar-refractivity contribution < 1.29 is 23.7 Å². The van der Waals surface area contributed by atoms with Gasteiger partial charge in [-0.25, -0.2) is 0 Å². The predicted molar refractivity (Wildman–Crippen MR) is 92.4 cm³/mol. The number of carbonyl (C=O) groups excluding carboxylic acids is 1. The van der Waals surface area contributed by atoms with Crippen LogP contribution < -0.4 is 20.7 Å². The van der Waals surface area contributed by atoms with E-state index < -0.39 is 0 Å². The first-order valence-electron chi connectivity index (χ1n) is 7.35. The van der Waals surface area contributed by atoms with Gasteiger partial charge >= 0.3 is 0 Å². The number of nitrogens with one attached hydrogen (secondary N) is 3. The molecule has 0 spiro atoms. The Morgan fingerprint density at radius 3 is 2.72 bits per heavy atom. The minimum absolute atomic E-state index is 0. The van der Waals surface area contributed by atoms with Crippen molar-refractivity contribution in [2.24, 2.45) is 0 Å². The van der Waals surface area contributed by atoms with Crippen molar-refractivity contribution in [3.8, 4) is 5.75 Å². The van der Waals surface area contributed by atoms with Gasteiger partial charge in [-0.1, -0.05) is 14.0 Å². The summed E-state index contributed by atoms with van der Waals surface area (Å²) in [6.45, 7) is 4.07. The zero-order valence-electron chi connectivity index (χ0n) is 13.3. The largest absolute Gasteiger partial charge is 0.467 e. The van der Waals surface area contributed by atoms with E-state index in [2.05, 4.69) is 22.5 Å². The number of hydrogen-bond donors (Lipinski definition) is 3. The van der Waals surface area contributed by atoms with E-state index in [0.717, 1.165) is 16.9 Å². The maximum atomic E-state index is 12.0. The second-order valence-electron chi connectivity index (χ2n) is 5.23. The summed E-state index contributed by atoms with van der Waals surface area (Å²) in [5, 5.41) is 8.85. The van der Waals surface area contributed by atoms with E-state index in [1.54, 1.807) is 7.11 Å². The summed E-state index contributed by atoms with van der Waals surface area (Å²) in [7, 11) is 1.54. The first kappa shape index (κ1) is 18.8. The molecular formula is C17H23N3O5. The summed E-state index contributed by atoms with van der Waals surface area (Å²) < 4.78 is 20.4. The average Bonchev–Trinajstić information content (AvgIpc) is 2.56. The van der Waals surface area contributed by atoms with Crippen LogP contribution in [0, 0.1) is 0 Å². The van der Waals surface area contributed by atoms with Crippen molar-refractivity contribution in [2.75, 3.05) is 32.8 Å². The fourth-order valence-corrected chi connectivity index (χ4v) is 2.45. The number of ether oxygens (including phenoxy) is 4. The number of hydrogen-bond acceptors (Lipinski definition) is 7. The maximum Gasteiger partial charge on any atom is 0.275 e. The molecule has 3 N–H and O–H groups in total. The van der Waals surface area contributed by atoms with E-state index >= 15 is 0 Å². The van der Waals surface area contributed by atoms with Crippen molar-refractivity contribution in [1.82, 2.24) is 10.6 Å². The molecule has 0 radical (unpaired) electrons. The number of allylic oxidation sites excluding steroid dienone is 1. The Morgan fingerprint density at radius 1 is 1.12 bits per heavy atom. The minimum atomic E-state index is -0.191. The SMILES string of the molecule is C.C=C1NC(=O)C2=C(Cc3cc(OCOCOCOC)ccc3N2)N1. The van der Waals surface area contributed by atoms with Crippen LogP contribution in [0.25, 0.3) is 0 Å². The third kappa shape index (κ3) is 4.50. The highest BCUT2D eigenvalue weighted by molar-refractivity contribution is 6.00. The van der Waals surface area contributed by atoms with E-state index in [9.17, 15) is 4.79 Å². The number of fused-ring (bicyclic) bond motifs is 1. The summed E-state index contributed by atoms with van der Waals surface area (Å²) in [5.41, 5.74) is 3.19. The molecule has 0 atom stereocenters. The Morgan fingerprint density at radius 2 is 1.92 bits per heavy atom. The summed E-state index contributed by atoms with van der Waals surface area (Å²) in [6, 6.07) is 5.58. The molecule has 8 nitrogen and oxygen atoms in total. The van der Waals surface area contributed by atoms with Crippen molar-refractivity contribution in [3.05, 3.63) is 47.6 Å². The molecule has 1 aromatic carbocycles. The number of amides is 1. The van der Waals surface area contributed by atoms with Crippen LogP contribution in [0.2, 0.25) is 0 Å². The summed E-state index contributed by atoms with van der Waals surface area (Å²) in [6.07, 6.45) is 0.582. The van der Waals surface area contributed by atoms with Crippen LogP contribution in [0.3, 0.4) is 0 Å². The highest BCUT2D eigenvalue weighted by atomic mass is 16.8. The lowest BCUT2D eigenvalue weighted by atomic mass is 10.00. The van der Waals surface area contributed by atoms with Gasteiger partial charge in [0.05, 0.1) is 5.70 Å². The molecule has 0 bridgehead atoms. The molecule has 1 aromatic rings. The van der Waals surface area contributed by atoms with Gasteiger partial charge in [0, 0.05) is 19.2 Å². The monoisotopic (exact) mass is 349 g/mol. The van der Waals surface area contributed by atoms with Gasteiger partial charge in [-0.05, 0) is 23.8 Å². The second kappa shape index (κ2) is 8.52. The van der Waals surface area contributed by atoms with E-state index in [4.69, 9.17) is 18.9 Å². The van der Waals surface area contributed by atoms with Crippen LogP contribution in [0.15, 0.2) is 42.0 Å². The lowest BCUT2D eigenvalue weighted by Crippen LogP contribution is -2.42. The molecule has 0 fully saturated rings. The van der Waals surface area contributed by atoms with Gasteiger partial charge < -0.3 is 34.9 Å². The maximum absolute atomic E-state index is 12.0. The molecule has 8 heteroatoms. The lowest BCUT2D eigenvalue weighted by molar-refractivity contribution is -0.145. The first-order valence-corrected chi connectivity index (χ1v) is 7.35. The van der Waals surface area contributed by atoms with Crippen LogP contribution in [-0.2, 0) is 25.4 Å². The smallest absolute Gasteiger partial charge is 0.275 e. The summed E-state index contributed by atoms with van der Waals surface area (Å²) >= 11 is 0. The third-order valence-corrected chi connectivity index (χ3v) is 3.48. The quantitative estimate of drug-likeness (QED) is 0.509. The minimum Gasteiger partial charge on any atom is -0.467 e. The van der Waals surface area contributed by atoms with Gasteiger partial charge in [0.2, 0.25) is 0 Å². The molecule has 2 aliphatic heterocycles. The van der Waals surface area contributed by atoms with Crippen LogP contribution in [-0.4, -0.2) is 33.4 Å². The molecule has 136 valence electrons. The molecule has 25 heavy (non-hydrogen) atoms. The number of carbonyl (C=O) groups is 1. The van der Waals surface area contributed by atoms with Crippen LogP contribution >= 0.6 is 0 Å². The number of rotatable bonds is 7. The molecule has 3 rings (SSSR count). The van der Waals surface area contributed by atoms with Crippen LogP contribution in [0.5, 0.6) is 5.75 Å². The zero-order chi connectivity index (χ0) is 16.9. The highest BCUT2D eigenvalue weighted by Gasteiger charge is 2.27. The Kier molecular flexibility index (Phi) is 6.40. The van der Waals surface area contributed by atoms with E-state index in [1.807, 2.05) is 18.2 Å².